The number of hydrogen-bond donors (Lipinski definition) is 0. The second-order valence-corrected chi connectivity index (χ2v) is 9.45. The molecule has 1 unspecified atom stereocenters. The van der Waals surface area contributed by atoms with Crippen molar-refractivity contribution in [3.05, 3.63) is 78.0 Å². The summed E-state index contributed by atoms with van der Waals surface area (Å²) in [6.07, 6.45) is 4.25. The number of anilines is 2. The maximum Gasteiger partial charge on any atom is 0.154 e. The molecule has 1 fully saturated rings. The third-order valence-electron chi connectivity index (χ3n) is 5.83. The Morgan fingerprint density at radius 3 is 2.66 bits per heavy atom. The Hall–Kier alpha value is -2.75. The fraction of sp³-hybridized carbons (Fsp3) is 0.250. The lowest BCUT2D eigenvalue weighted by Crippen LogP contribution is -2.23. The second kappa shape index (κ2) is 8.65. The maximum atomic E-state index is 14.1. The van der Waals surface area contributed by atoms with Gasteiger partial charge in [-0.05, 0) is 55.3 Å². The molecule has 0 spiro atoms. The van der Waals surface area contributed by atoms with Gasteiger partial charge in [-0.3, -0.25) is 0 Å². The topological polar surface area (TPSA) is 36.7 Å². The third-order valence-corrected chi connectivity index (χ3v) is 7.12. The van der Waals surface area contributed by atoms with Crippen LogP contribution in [0.25, 0.3) is 16.9 Å². The predicted molar refractivity (Wildman–Crippen MR) is 131 cm³/mol. The van der Waals surface area contributed by atoms with E-state index in [2.05, 4.69) is 56.7 Å². The van der Waals surface area contributed by atoms with E-state index in [1.165, 1.54) is 24.6 Å². The van der Waals surface area contributed by atoms with E-state index in [4.69, 9.17) is 5.10 Å². The van der Waals surface area contributed by atoms with Crippen LogP contribution in [-0.4, -0.2) is 32.2 Å². The molecule has 4 aromatic rings. The van der Waals surface area contributed by atoms with Crippen LogP contribution in [0, 0.1) is 11.6 Å². The molecule has 0 saturated carbocycles. The summed E-state index contributed by atoms with van der Waals surface area (Å²) in [5.74, 6) is -0.252. The van der Waals surface area contributed by atoms with Gasteiger partial charge in [0.15, 0.2) is 5.65 Å². The smallest absolute Gasteiger partial charge is 0.154 e. The largest absolute Gasteiger partial charge is 0.360 e. The normalized spacial score (nSPS) is 16.1. The summed E-state index contributed by atoms with van der Waals surface area (Å²) in [6.45, 7) is 1.29. The third kappa shape index (κ3) is 4.03. The van der Waals surface area contributed by atoms with Crippen molar-refractivity contribution in [1.29, 1.82) is 0 Å². The fourth-order valence-corrected chi connectivity index (χ4v) is 5.15. The minimum atomic E-state index is -0.457. The number of alkyl halides is 1. The quantitative estimate of drug-likeness (QED) is 0.184. The van der Waals surface area contributed by atoms with Crippen LogP contribution in [0.1, 0.15) is 18.4 Å². The number of hydrogen-bond acceptors (Lipinski definition) is 4. The number of fused-ring (bicyclic) bond motifs is 1. The Morgan fingerprint density at radius 1 is 1.09 bits per heavy atom. The summed E-state index contributed by atoms with van der Waals surface area (Å²) >= 11 is 2.50. The minimum Gasteiger partial charge on any atom is -0.360 e. The monoisotopic (exact) mass is 545 g/mol. The number of benzene rings is 2. The molecule has 164 valence electrons. The lowest BCUT2D eigenvalue weighted by atomic mass is 10.1. The average Bonchev–Trinajstić information content (AvgIpc) is 3.42. The number of nitrogens with zero attached hydrogens (tertiary/aromatic N) is 5. The van der Waals surface area contributed by atoms with Gasteiger partial charge in [-0.25, -0.2) is 18.3 Å². The van der Waals surface area contributed by atoms with E-state index in [9.17, 15) is 8.78 Å². The molecule has 1 aliphatic rings. The zero-order valence-electron chi connectivity index (χ0n) is 17.5. The minimum absolute atomic E-state index is 0.203. The van der Waals surface area contributed by atoms with Crippen molar-refractivity contribution in [1.82, 2.24) is 14.6 Å². The van der Waals surface area contributed by atoms with Crippen LogP contribution < -0.4 is 9.80 Å². The molecule has 32 heavy (non-hydrogen) atoms. The molecule has 1 saturated heterocycles. The van der Waals surface area contributed by atoms with Gasteiger partial charge in [-0.2, -0.15) is 0 Å². The van der Waals surface area contributed by atoms with Crippen LogP contribution in [0.15, 0.2) is 60.8 Å². The molecule has 0 radical (unpaired) electrons. The van der Waals surface area contributed by atoms with Gasteiger partial charge in [0.2, 0.25) is 0 Å². The van der Waals surface area contributed by atoms with Crippen molar-refractivity contribution in [3.8, 4) is 11.3 Å². The Labute approximate surface area is 198 Å². The molecule has 0 amide bonds. The van der Waals surface area contributed by atoms with Crippen molar-refractivity contribution in [3.63, 3.8) is 0 Å². The number of rotatable bonds is 5. The summed E-state index contributed by atoms with van der Waals surface area (Å²) in [5.41, 5.74) is 4.14. The molecular formula is C24H22F2IN5. The van der Waals surface area contributed by atoms with Crippen LogP contribution in [0.4, 0.5) is 20.3 Å². The highest BCUT2D eigenvalue weighted by atomic mass is 127. The Morgan fingerprint density at radius 2 is 1.91 bits per heavy atom. The van der Waals surface area contributed by atoms with Gasteiger partial charge in [0.25, 0.3) is 0 Å². The van der Waals surface area contributed by atoms with E-state index in [-0.39, 0.29) is 12.1 Å². The first-order valence-electron chi connectivity index (χ1n) is 10.5. The van der Waals surface area contributed by atoms with Crippen LogP contribution in [0.5, 0.6) is 0 Å². The Bertz CT molecular complexity index is 1260. The molecule has 1 atom stereocenters. The van der Waals surface area contributed by atoms with E-state index in [1.807, 2.05) is 18.3 Å². The molecule has 5 rings (SSSR count). The Kier molecular flexibility index (Phi) is 5.71. The van der Waals surface area contributed by atoms with Gasteiger partial charge in [-0.1, -0.05) is 34.7 Å². The molecule has 8 heteroatoms. The van der Waals surface area contributed by atoms with E-state index in [1.54, 1.807) is 16.5 Å². The standard InChI is InChI=1S/C24H22F2IN5/c1-30(15-17-13-18(25)6-9-20(17)26)24-11-10-23-28-14-21(32(23)29-24)16-4-7-19(8-5-16)31-12-2-3-22(31)27/h4-11,13-14,22H,2-3,12,15H2,1H3. The first kappa shape index (κ1) is 21.1. The average molecular weight is 545 g/mol. The van der Waals surface area contributed by atoms with Crippen LogP contribution in [0.3, 0.4) is 0 Å². The zero-order valence-corrected chi connectivity index (χ0v) is 19.7. The summed E-state index contributed by atoms with van der Waals surface area (Å²) < 4.78 is 29.9. The molecule has 0 aliphatic carbocycles. The van der Waals surface area contributed by atoms with E-state index in [0.29, 0.717) is 9.87 Å². The molecule has 5 nitrogen and oxygen atoms in total. The first-order valence-corrected chi connectivity index (χ1v) is 11.8. The summed E-state index contributed by atoms with van der Waals surface area (Å²) in [7, 11) is 1.81. The summed E-state index contributed by atoms with van der Waals surface area (Å²) in [4.78, 5) is 8.69. The lowest BCUT2D eigenvalue weighted by molar-refractivity contribution is 0.583. The number of halogens is 3. The van der Waals surface area contributed by atoms with Gasteiger partial charge < -0.3 is 9.80 Å². The molecule has 1 aliphatic heterocycles. The summed E-state index contributed by atoms with van der Waals surface area (Å²) in [5, 5.41) is 4.72. The molecule has 2 aromatic carbocycles. The van der Waals surface area contributed by atoms with Crippen LogP contribution in [0.2, 0.25) is 0 Å². The van der Waals surface area contributed by atoms with E-state index >= 15 is 0 Å². The number of imidazole rings is 1. The van der Waals surface area contributed by atoms with Gasteiger partial charge in [-0.15, -0.1) is 5.10 Å². The first-order chi connectivity index (χ1) is 15.5. The zero-order chi connectivity index (χ0) is 22.2. The predicted octanol–water partition coefficient (Wildman–Crippen LogP) is 5.67. The highest BCUT2D eigenvalue weighted by Gasteiger charge is 2.22. The lowest BCUT2D eigenvalue weighted by Gasteiger charge is -2.22. The molecule has 0 bridgehead atoms. The van der Waals surface area contributed by atoms with Gasteiger partial charge in [0, 0.05) is 37.0 Å². The fourth-order valence-electron chi connectivity index (χ4n) is 4.11. The Balaban J connectivity index is 1.43. The van der Waals surface area contributed by atoms with E-state index in [0.717, 1.165) is 35.6 Å². The van der Waals surface area contributed by atoms with Crippen LogP contribution >= 0.6 is 22.6 Å². The highest BCUT2D eigenvalue weighted by molar-refractivity contribution is 14.1. The highest BCUT2D eigenvalue weighted by Crippen LogP contribution is 2.31. The van der Waals surface area contributed by atoms with Crippen molar-refractivity contribution < 1.29 is 8.78 Å². The van der Waals surface area contributed by atoms with E-state index < -0.39 is 11.6 Å². The van der Waals surface area contributed by atoms with Gasteiger partial charge in [0.05, 0.1) is 15.9 Å². The number of aromatic nitrogens is 3. The molecule has 2 aromatic heterocycles. The van der Waals surface area contributed by atoms with Crippen molar-refractivity contribution in [2.75, 3.05) is 23.4 Å². The second-order valence-electron chi connectivity index (χ2n) is 8.01. The van der Waals surface area contributed by atoms with Crippen molar-refractivity contribution in [2.24, 2.45) is 0 Å². The maximum absolute atomic E-state index is 14.1. The van der Waals surface area contributed by atoms with Crippen molar-refractivity contribution in [2.45, 2.75) is 23.4 Å². The van der Waals surface area contributed by atoms with Gasteiger partial charge >= 0.3 is 0 Å². The molecular weight excluding hydrogens is 523 g/mol. The van der Waals surface area contributed by atoms with Crippen LogP contribution in [-0.2, 0) is 6.54 Å². The molecule has 0 N–H and O–H groups in total. The SMILES string of the molecule is CN(Cc1cc(F)ccc1F)c1ccc2ncc(-c3ccc(N4CCCC4I)cc3)n2n1. The molecule has 3 heterocycles. The van der Waals surface area contributed by atoms with Crippen molar-refractivity contribution >= 4 is 39.7 Å². The van der Waals surface area contributed by atoms with Gasteiger partial charge in [0.1, 0.15) is 17.5 Å². The summed E-state index contributed by atoms with van der Waals surface area (Å²) in [6, 6.07) is 15.7.